The first-order chi connectivity index (χ1) is 13.5. The minimum Gasteiger partial charge on any atom is -0.478 e. The number of rotatable bonds is 3. The highest BCUT2D eigenvalue weighted by Crippen LogP contribution is 2.46. The number of halogens is 3. The fraction of sp³-hybridized carbons (Fsp3) is 0.438. The van der Waals surface area contributed by atoms with Crippen LogP contribution in [0.15, 0.2) is 22.1 Å². The van der Waals surface area contributed by atoms with Crippen molar-refractivity contribution in [3.05, 3.63) is 33.4 Å². The Bertz CT molecular complexity index is 902. The van der Waals surface area contributed by atoms with Crippen LogP contribution in [0.5, 0.6) is 0 Å². The molecule has 29 heavy (non-hydrogen) atoms. The maximum Gasteiger partial charge on any atom is 0.416 e. The molecule has 10 nitrogen and oxygen atoms in total. The highest BCUT2D eigenvalue weighted by atomic mass is 19.4. The Morgan fingerprint density at radius 2 is 1.86 bits per heavy atom. The number of nitrogens with two attached hydrogens (primary N) is 2. The standard InChI is InChI=1S/C16H17F3N6O4/c17-16(18,19)8-6-9(12(26)27)11(10(7-8)25(28)29)24-14(21)22-13(20)23-15(24)4-2-1-3-5-15/h6-7H,1-5H2,(H,26,27)(H4,20,21,22,23). The monoisotopic (exact) mass is 414 g/mol. The van der Waals surface area contributed by atoms with Gasteiger partial charge in [-0.3, -0.25) is 15.0 Å². The van der Waals surface area contributed by atoms with Crippen molar-refractivity contribution in [1.29, 1.82) is 0 Å². The molecular weight excluding hydrogens is 397 g/mol. The molecule has 1 aliphatic heterocycles. The quantitative estimate of drug-likeness (QED) is 0.505. The summed E-state index contributed by atoms with van der Waals surface area (Å²) in [4.78, 5) is 31.4. The molecule has 1 saturated carbocycles. The normalized spacial score (nSPS) is 18.9. The van der Waals surface area contributed by atoms with E-state index in [9.17, 15) is 33.2 Å². The Balaban J connectivity index is 2.34. The van der Waals surface area contributed by atoms with Gasteiger partial charge in [0, 0.05) is 6.07 Å². The Kier molecular flexibility index (Phi) is 4.84. The maximum absolute atomic E-state index is 13.2. The van der Waals surface area contributed by atoms with Gasteiger partial charge in [0.25, 0.3) is 5.69 Å². The van der Waals surface area contributed by atoms with Crippen molar-refractivity contribution in [1.82, 2.24) is 0 Å². The van der Waals surface area contributed by atoms with E-state index in [-0.39, 0.29) is 18.0 Å². The molecule has 0 atom stereocenters. The fourth-order valence-electron chi connectivity index (χ4n) is 3.76. The second kappa shape index (κ2) is 6.90. The summed E-state index contributed by atoms with van der Waals surface area (Å²) in [6.07, 6.45) is -2.24. The van der Waals surface area contributed by atoms with E-state index in [1.807, 2.05) is 0 Å². The van der Waals surface area contributed by atoms with Crippen molar-refractivity contribution >= 4 is 29.3 Å². The lowest BCUT2D eigenvalue weighted by Gasteiger charge is -2.45. The van der Waals surface area contributed by atoms with E-state index in [1.54, 1.807) is 0 Å². The number of carboxylic acid groups (broad SMARTS) is 1. The summed E-state index contributed by atoms with van der Waals surface area (Å²) in [6.45, 7) is 0. The van der Waals surface area contributed by atoms with Crippen LogP contribution in [0.3, 0.4) is 0 Å². The van der Waals surface area contributed by atoms with Gasteiger partial charge < -0.3 is 16.6 Å². The van der Waals surface area contributed by atoms with Gasteiger partial charge in [-0.1, -0.05) is 6.42 Å². The lowest BCUT2D eigenvalue weighted by Crippen LogP contribution is -2.58. The van der Waals surface area contributed by atoms with Crippen LogP contribution in [0, 0.1) is 10.1 Å². The number of benzene rings is 1. The molecular formula is C16H17F3N6O4. The molecule has 0 aromatic heterocycles. The zero-order chi connectivity index (χ0) is 21.6. The lowest BCUT2D eigenvalue weighted by atomic mass is 9.86. The number of hydrogen-bond donors (Lipinski definition) is 3. The van der Waals surface area contributed by atoms with Crippen molar-refractivity contribution < 1.29 is 28.0 Å². The van der Waals surface area contributed by atoms with Gasteiger partial charge in [-0.2, -0.15) is 18.2 Å². The van der Waals surface area contributed by atoms with E-state index in [1.165, 1.54) is 0 Å². The molecule has 1 heterocycles. The van der Waals surface area contributed by atoms with Crippen LogP contribution in [-0.2, 0) is 6.18 Å². The topological polar surface area (TPSA) is 160 Å². The third-order valence-corrected chi connectivity index (χ3v) is 4.92. The van der Waals surface area contributed by atoms with Crippen LogP contribution in [-0.4, -0.2) is 33.6 Å². The average molecular weight is 414 g/mol. The second-order valence-electron chi connectivity index (χ2n) is 6.77. The Morgan fingerprint density at radius 3 is 2.38 bits per heavy atom. The summed E-state index contributed by atoms with van der Waals surface area (Å²) >= 11 is 0. The number of carboxylic acids is 1. The molecule has 1 fully saturated rings. The third kappa shape index (κ3) is 3.54. The first-order valence-corrected chi connectivity index (χ1v) is 8.59. The Hall–Kier alpha value is -3.38. The number of carbonyl (C=O) groups is 1. The van der Waals surface area contributed by atoms with Gasteiger partial charge in [-0.25, -0.2) is 9.79 Å². The van der Waals surface area contributed by atoms with Gasteiger partial charge in [0.15, 0.2) is 0 Å². The molecule has 0 bridgehead atoms. The molecule has 3 rings (SSSR count). The molecule has 1 spiro atoms. The molecule has 1 aromatic rings. The zero-order valence-electron chi connectivity index (χ0n) is 14.9. The summed E-state index contributed by atoms with van der Waals surface area (Å²) in [5.41, 5.74) is 6.34. The predicted octanol–water partition coefficient (Wildman–Crippen LogP) is 2.42. The number of alkyl halides is 3. The molecule has 2 aliphatic rings. The van der Waals surface area contributed by atoms with E-state index >= 15 is 0 Å². The number of anilines is 1. The summed E-state index contributed by atoms with van der Waals surface area (Å²) in [7, 11) is 0. The lowest BCUT2D eigenvalue weighted by molar-refractivity contribution is -0.384. The molecule has 156 valence electrons. The van der Waals surface area contributed by atoms with Crippen LogP contribution in [0.2, 0.25) is 0 Å². The molecule has 13 heteroatoms. The van der Waals surface area contributed by atoms with Crippen molar-refractivity contribution in [2.75, 3.05) is 4.90 Å². The van der Waals surface area contributed by atoms with Crippen LogP contribution in [0.25, 0.3) is 0 Å². The smallest absolute Gasteiger partial charge is 0.416 e. The first kappa shape index (κ1) is 20.4. The maximum atomic E-state index is 13.2. The molecule has 0 unspecified atom stereocenters. The summed E-state index contributed by atoms with van der Waals surface area (Å²) in [6, 6.07) is 0.628. The third-order valence-electron chi connectivity index (χ3n) is 4.92. The van der Waals surface area contributed by atoms with Crippen LogP contribution < -0.4 is 16.4 Å². The van der Waals surface area contributed by atoms with Crippen LogP contribution >= 0.6 is 0 Å². The van der Waals surface area contributed by atoms with Gasteiger partial charge >= 0.3 is 12.1 Å². The number of guanidine groups is 2. The number of nitro benzene ring substituents is 1. The second-order valence-corrected chi connectivity index (χ2v) is 6.77. The van der Waals surface area contributed by atoms with Crippen molar-refractivity contribution in [3.8, 4) is 0 Å². The summed E-state index contributed by atoms with van der Waals surface area (Å²) in [5, 5.41) is 21.2. The minimum absolute atomic E-state index is 0.188. The first-order valence-electron chi connectivity index (χ1n) is 8.59. The van der Waals surface area contributed by atoms with Gasteiger partial charge in [0.2, 0.25) is 11.9 Å². The number of nitrogens with zero attached hydrogens (tertiary/aromatic N) is 4. The van der Waals surface area contributed by atoms with Crippen LogP contribution in [0.1, 0.15) is 48.0 Å². The van der Waals surface area contributed by atoms with E-state index < -0.39 is 45.2 Å². The van der Waals surface area contributed by atoms with Crippen molar-refractivity contribution in [3.63, 3.8) is 0 Å². The van der Waals surface area contributed by atoms with Crippen LogP contribution in [0.4, 0.5) is 24.5 Å². The van der Waals surface area contributed by atoms with Gasteiger partial charge in [0.1, 0.15) is 11.4 Å². The van der Waals surface area contributed by atoms with E-state index in [4.69, 9.17) is 11.5 Å². The molecule has 0 saturated heterocycles. The molecule has 1 aromatic carbocycles. The highest BCUT2D eigenvalue weighted by Gasteiger charge is 2.47. The van der Waals surface area contributed by atoms with Crippen molar-refractivity contribution in [2.45, 2.75) is 43.9 Å². The number of hydrogen-bond acceptors (Lipinski definition) is 8. The number of nitro groups is 1. The van der Waals surface area contributed by atoms with Gasteiger partial charge in [0.05, 0.1) is 16.1 Å². The van der Waals surface area contributed by atoms with Gasteiger partial charge in [-0.15, -0.1) is 0 Å². The molecule has 1 aliphatic carbocycles. The predicted molar refractivity (Wildman–Crippen MR) is 96.6 cm³/mol. The molecule has 0 amide bonds. The van der Waals surface area contributed by atoms with E-state index in [2.05, 4.69) is 9.98 Å². The molecule has 5 N–H and O–H groups in total. The average Bonchev–Trinajstić information content (AvgIpc) is 2.60. The highest BCUT2D eigenvalue weighted by molar-refractivity contribution is 6.10. The number of aromatic carboxylic acids is 1. The Morgan fingerprint density at radius 1 is 1.24 bits per heavy atom. The van der Waals surface area contributed by atoms with E-state index in [0.29, 0.717) is 31.7 Å². The molecule has 0 radical (unpaired) electrons. The SMILES string of the molecule is NC1=NC2(CCCCC2)N(c2c(C(=O)O)cc(C(F)(F)F)cc2[N+](=O)[O-])C(N)=N1. The summed E-state index contributed by atoms with van der Waals surface area (Å²) in [5.74, 6) is -2.34. The largest absolute Gasteiger partial charge is 0.478 e. The van der Waals surface area contributed by atoms with Crippen molar-refractivity contribution in [2.24, 2.45) is 21.5 Å². The number of aliphatic imine (C=N–C) groups is 2. The minimum atomic E-state index is -4.99. The Labute approximate surface area is 161 Å². The summed E-state index contributed by atoms with van der Waals surface area (Å²) < 4.78 is 39.6. The fourth-order valence-corrected chi connectivity index (χ4v) is 3.76. The van der Waals surface area contributed by atoms with Gasteiger partial charge in [-0.05, 0) is 31.7 Å². The zero-order valence-corrected chi connectivity index (χ0v) is 14.9. The van der Waals surface area contributed by atoms with E-state index in [0.717, 1.165) is 11.3 Å².